The third kappa shape index (κ3) is 9.13. The Balaban J connectivity index is 1.60. The molecule has 4 aromatic carbocycles. The zero-order chi connectivity index (χ0) is 34.8. The third-order valence-corrected chi connectivity index (χ3v) is 10.7. The summed E-state index contributed by atoms with van der Waals surface area (Å²) < 4.78 is 40.7. The Hall–Kier alpha value is -4.54. The maximum absolute atomic E-state index is 14.8. The lowest BCUT2D eigenvalue weighted by Gasteiger charge is -2.35. The Morgan fingerprint density at radius 2 is 1.51 bits per heavy atom. The van der Waals surface area contributed by atoms with Crippen molar-refractivity contribution in [3.05, 3.63) is 119 Å². The molecule has 1 aliphatic carbocycles. The average Bonchev–Trinajstić information content (AvgIpc) is 3.13. The Morgan fingerprint density at radius 1 is 0.837 bits per heavy atom. The number of anilines is 1. The maximum Gasteiger partial charge on any atom is 0.264 e. The number of carbonyl (C=O) groups is 2. The van der Waals surface area contributed by atoms with Gasteiger partial charge in [-0.2, -0.15) is 0 Å². The van der Waals surface area contributed by atoms with Crippen molar-refractivity contribution in [2.24, 2.45) is 0 Å². The number of nitrogens with one attached hydrogen (secondary N) is 1. The number of amides is 2. The van der Waals surface area contributed by atoms with Crippen molar-refractivity contribution in [1.82, 2.24) is 10.2 Å². The van der Waals surface area contributed by atoms with E-state index in [0.717, 1.165) is 42.0 Å². The molecule has 0 spiro atoms. The number of hydrogen-bond donors (Lipinski definition) is 1. The lowest BCUT2D eigenvalue weighted by molar-refractivity contribution is -0.140. The van der Waals surface area contributed by atoms with Crippen molar-refractivity contribution in [3.8, 4) is 11.5 Å². The molecular formula is C38H42ClN3O6S. The van der Waals surface area contributed by atoms with Gasteiger partial charge in [0.15, 0.2) is 0 Å². The van der Waals surface area contributed by atoms with Crippen LogP contribution in [-0.4, -0.2) is 58.0 Å². The number of ether oxygens (including phenoxy) is 2. The summed E-state index contributed by atoms with van der Waals surface area (Å²) in [5, 5.41) is 3.49. The summed E-state index contributed by atoms with van der Waals surface area (Å²) in [6.45, 7) is -0.600. The van der Waals surface area contributed by atoms with Gasteiger partial charge in [0.1, 0.15) is 24.1 Å². The Bertz CT molecular complexity index is 1820. The quantitative estimate of drug-likeness (QED) is 0.158. The monoisotopic (exact) mass is 703 g/mol. The predicted molar refractivity (Wildman–Crippen MR) is 191 cm³/mol. The van der Waals surface area contributed by atoms with Crippen molar-refractivity contribution >= 4 is 39.1 Å². The molecule has 0 bridgehead atoms. The highest BCUT2D eigenvalue weighted by molar-refractivity contribution is 7.92. The lowest BCUT2D eigenvalue weighted by atomic mass is 9.94. The van der Waals surface area contributed by atoms with Gasteiger partial charge in [0, 0.05) is 24.0 Å². The number of carbonyl (C=O) groups excluding carboxylic acids is 2. The fourth-order valence-corrected chi connectivity index (χ4v) is 7.76. The summed E-state index contributed by atoms with van der Waals surface area (Å²) in [5.74, 6) is -0.0612. The molecule has 11 heteroatoms. The largest absolute Gasteiger partial charge is 0.497 e. The third-order valence-electron chi connectivity index (χ3n) is 8.73. The summed E-state index contributed by atoms with van der Waals surface area (Å²) in [4.78, 5) is 30.6. The maximum atomic E-state index is 14.8. The molecule has 0 radical (unpaired) electrons. The van der Waals surface area contributed by atoms with Crippen LogP contribution >= 0.6 is 11.6 Å². The summed E-state index contributed by atoms with van der Waals surface area (Å²) in [7, 11) is -1.34. The molecule has 1 fully saturated rings. The van der Waals surface area contributed by atoms with E-state index in [-0.39, 0.29) is 46.3 Å². The van der Waals surface area contributed by atoms with Crippen molar-refractivity contribution in [3.63, 3.8) is 0 Å². The summed E-state index contributed by atoms with van der Waals surface area (Å²) in [6.07, 6.45) is 5.12. The van der Waals surface area contributed by atoms with Gasteiger partial charge in [0.2, 0.25) is 11.8 Å². The smallest absolute Gasteiger partial charge is 0.264 e. The molecular weight excluding hydrogens is 662 g/mol. The number of halogens is 1. The first-order chi connectivity index (χ1) is 23.7. The number of hydrogen-bond acceptors (Lipinski definition) is 6. The normalized spacial score (nSPS) is 14.0. The number of sulfonamides is 1. The van der Waals surface area contributed by atoms with Crippen LogP contribution in [0.15, 0.2) is 108 Å². The zero-order valence-corrected chi connectivity index (χ0v) is 29.3. The molecule has 0 aromatic heterocycles. The van der Waals surface area contributed by atoms with Gasteiger partial charge in [-0.1, -0.05) is 91.5 Å². The van der Waals surface area contributed by atoms with Crippen LogP contribution in [0.5, 0.6) is 11.5 Å². The molecule has 1 atom stereocenters. The highest BCUT2D eigenvalue weighted by atomic mass is 35.5. The second-order valence-corrected chi connectivity index (χ2v) is 14.4. The molecule has 258 valence electrons. The van der Waals surface area contributed by atoms with Gasteiger partial charge in [-0.15, -0.1) is 0 Å². The molecule has 9 nitrogen and oxygen atoms in total. The van der Waals surface area contributed by atoms with Crippen molar-refractivity contribution in [1.29, 1.82) is 0 Å². The average molecular weight is 704 g/mol. The van der Waals surface area contributed by atoms with E-state index in [4.69, 9.17) is 21.1 Å². The fraction of sp³-hybridized carbons (Fsp3) is 0.316. The first-order valence-corrected chi connectivity index (χ1v) is 18.2. The Labute approximate surface area is 293 Å². The van der Waals surface area contributed by atoms with Crippen molar-refractivity contribution in [2.45, 2.75) is 62.0 Å². The van der Waals surface area contributed by atoms with Crippen molar-refractivity contribution < 1.29 is 27.5 Å². The minimum atomic E-state index is -4.32. The van der Waals surface area contributed by atoms with E-state index in [1.807, 2.05) is 42.5 Å². The van der Waals surface area contributed by atoms with E-state index in [9.17, 15) is 18.0 Å². The summed E-state index contributed by atoms with van der Waals surface area (Å²) >= 11 is 6.39. The van der Waals surface area contributed by atoms with Crippen LogP contribution < -0.4 is 19.1 Å². The molecule has 49 heavy (non-hydrogen) atoms. The van der Waals surface area contributed by atoms with Gasteiger partial charge in [-0.25, -0.2) is 8.42 Å². The molecule has 0 unspecified atom stereocenters. The van der Waals surface area contributed by atoms with Crippen LogP contribution in [0, 0.1) is 0 Å². The van der Waals surface area contributed by atoms with Crippen LogP contribution in [-0.2, 0) is 32.6 Å². The predicted octanol–water partition coefficient (Wildman–Crippen LogP) is 6.64. The fourth-order valence-electron chi connectivity index (χ4n) is 6.16. The standard InChI is InChI=1S/C38H42ClN3O6S/c1-47-32-18-12-15-29(23-32)26-41(35(24-28-13-6-3-7-14-28)38(44)40-31-16-8-4-9-17-31)37(43)27-42(34-25-30(39)21-22-36(34)48-2)49(45,46)33-19-10-5-11-20-33/h3,5-7,10-15,18-23,25,31,35H,4,8-9,16-17,24,26-27H2,1-2H3,(H,40,44)/t35-/m1/s1. The molecule has 2 amide bonds. The highest BCUT2D eigenvalue weighted by Crippen LogP contribution is 2.35. The first kappa shape index (κ1) is 35.8. The molecule has 5 rings (SSSR count). The molecule has 4 aromatic rings. The van der Waals surface area contributed by atoms with Gasteiger partial charge in [-0.3, -0.25) is 13.9 Å². The molecule has 0 heterocycles. The Morgan fingerprint density at radius 3 is 2.18 bits per heavy atom. The van der Waals surface area contributed by atoms with Gasteiger partial charge in [-0.05, 0) is 66.4 Å². The van der Waals surface area contributed by atoms with Gasteiger partial charge in [0.05, 0.1) is 24.8 Å². The van der Waals surface area contributed by atoms with Crippen LogP contribution in [0.2, 0.25) is 5.02 Å². The van der Waals surface area contributed by atoms with E-state index in [2.05, 4.69) is 5.32 Å². The summed E-state index contributed by atoms with van der Waals surface area (Å²) in [6, 6.07) is 28.3. The Kier molecular flexibility index (Phi) is 12.2. The molecule has 0 saturated heterocycles. The topological polar surface area (TPSA) is 105 Å². The number of methoxy groups -OCH3 is 2. The van der Waals surface area contributed by atoms with Crippen LogP contribution in [0.25, 0.3) is 0 Å². The van der Waals surface area contributed by atoms with Crippen molar-refractivity contribution in [2.75, 3.05) is 25.1 Å². The SMILES string of the molecule is COc1cccc(CN(C(=O)CN(c2cc(Cl)ccc2OC)S(=O)(=O)c2ccccc2)[C@H](Cc2ccccc2)C(=O)NC2CCCCC2)c1. The van der Waals surface area contributed by atoms with Crippen LogP contribution in [0.1, 0.15) is 43.2 Å². The molecule has 1 aliphatic rings. The van der Waals surface area contributed by atoms with Gasteiger partial charge < -0.3 is 19.7 Å². The van der Waals surface area contributed by atoms with Crippen LogP contribution in [0.4, 0.5) is 5.69 Å². The molecule has 0 aliphatic heterocycles. The van der Waals surface area contributed by atoms with E-state index in [1.165, 1.54) is 30.2 Å². The number of benzene rings is 4. The van der Waals surface area contributed by atoms with E-state index in [0.29, 0.717) is 11.3 Å². The lowest BCUT2D eigenvalue weighted by Crippen LogP contribution is -2.55. The van der Waals surface area contributed by atoms with E-state index in [1.54, 1.807) is 49.6 Å². The number of rotatable bonds is 14. The minimum Gasteiger partial charge on any atom is -0.497 e. The van der Waals surface area contributed by atoms with Gasteiger partial charge in [0.25, 0.3) is 10.0 Å². The molecule has 1 saturated carbocycles. The summed E-state index contributed by atoms with van der Waals surface area (Å²) in [5.41, 5.74) is 1.67. The van der Waals surface area contributed by atoms with E-state index < -0.39 is 28.5 Å². The van der Waals surface area contributed by atoms with E-state index >= 15 is 0 Å². The molecule has 1 N–H and O–H groups in total. The number of nitrogens with zero attached hydrogens (tertiary/aromatic N) is 2. The second kappa shape index (κ2) is 16.7. The second-order valence-electron chi connectivity index (χ2n) is 12.1. The first-order valence-electron chi connectivity index (χ1n) is 16.4. The van der Waals surface area contributed by atoms with Gasteiger partial charge >= 0.3 is 0 Å². The van der Waals surface area contributed by atoms with Crippen LogP contribution in [0.3, 0.4) is 0 Å². The highest BCUT2D eigenvalue weighted by Gasteiger charge is 2.36. The zero-order valence-electron chi connectivity index (χ0n) is 27.8. The minimum absolute atomic E-state index is 0.000951.